The molecule has 72 valence electrons. The van der Waals surface area contributed by atoms with E-state index in [2.05, 4.69) is 6.07 Å². The Morgan fingerprint density at radius 2 is 1.77 bits per heavy atom. The molecule has 0 aliphatic heterocycles. The fourth-order valence-electron chi connectivity index (χ4n) is 1.70. The van der Waals surface area contributed by atoms with Crippen LogP contribution in [0.5, 0.6) is 0 Å². The first kappa shape index (κ1) is 10.9. The minimum Gasteiger partial charge on any atom is -0.196 e. The molecule has 0 saturated heterocycles. The highest BCUT2D eigenvalue weighted by atomic mass is 35.5. The Bertz CT molecular complexity index is 309. The summed E-state index contributed by atoms with van der Waals surface area (Å²) < 4.78 is 0. The van der Waals surface area contributed by atoms with Gasteiger partial charge in [0, 0.05) is 5.41 Å². The summed E-state index contributed by atoms with van der Waals surface area (Å²) in [4.78, 5) is -1.67. The molecule has 1 aliphatic rings. The van der Waals surface area contributed by atoms with Crippen molar-refractivity contribution >= 4 is 23.2 Å². The van der Waals surface area contributed by atoms with E-state index in [-0.39, 0.29) is 5.41 Å². The zero-order valence-electron chi connectivity index (χ0n) is 8.28. The van der Waals surface area contributed by atoms with E-state index >= 15 is 0 Å². The zero-order valence-corrected chi connectivity index (χ0v) is 9.79. The van der Waals surface area contributed by atoms with E-state index < -0.39 is 9.75 Å². The Hall–Kier alpha value is -0.190. The third kappa shape index (κ3) is 1.06. The Kier molecular flexibility index (Phi) is 2.22. The van der Waals surface area contributed by atoms with Gasteiger partial charge in [-0.25, -0.2) is 0 Å². The lowest BCUT2D eigenvalue weighted by Gasteiger charge is -2.05. The van der Waals surface area contributed by atoms with Gasteiger partial charge in [-0.15, -0.1) is 11.6 Å². The second-order valence-corrected chi connectivity index (χ2v) is 5.49. The van der Waals surface area contributed by atoms with Crippen molar-refractivity contribution in [3.63, 3.8) is 0 Å². The van der Waals surface area contributed by atoms with E-state index in [0.29, 0.717) is 0 Å². The van der Waals surface area contributed by atoms with Crippen molar-refractivity contribution in [1.82, 2.24) is 0 Å². The molecule has 0 bridgehead atoms. The molecule has 3 heteroatoms. The lowest BCUT2D eigenvalue weighted by molar-refractivity contribution is 0.605. The SMILES string of the molecule is CC(C)=CC1(Cl)C(C)(C)C1(Cl)C#N. The quantitative estimate of drug-likeness (QED) is 0.488. The smallest absolute Gasteiger partial charge is 0.161 e. The van der Waals surface area contributed by atoms with Gasteiger partial charge < -0.3 is 0 Å². The minimum atomic E-state index is -0.959. The van der Waals surface area contributed by atoms with Gasteiger partial charge >= 0.3 is 0 Å². The number of nitriles is 1. The van der Waals surface area contributed by atoms with Gasteiger partial charge in [-0.2, -0.15) is 5.26 Å². The van der Waals surface area contributed by atoms with E-state index in [1.54, 1.807) is 0 Å². The molecule has 0 N–H and O–H groups in total. The summed E-state index contributed by atoms with van der Waals surface area (Å²) in [7, 11) is 0. The molecule has 1 saturated carbocycles. The number of hydrogen-bond acceptors (Lipinski definition) is 1. The van der Waals surface area contributed by atoms with Gasteiger partial charge in [0.25, 0.3) is 0 Å². The summed E-state index contributed by atoms with van der Waals surface area (Å²) >= 11 is 12.4. The van der Waals surface area contributed by atoms with E-state index in [9.17, 15) is 0 Å². The maximum absolute atomic E-state index is 8.95. The Labute approximate surface area is 89.3 Å². The summed E-state index contributed by atoms with van der Waals surface area (Å²) in [5.41, 5.74) is 0.718. The number of nitrogens with zero attached hydrogens (tertiary/aromatic N) is 1. The second-order valence-electron chi connectivity index (χ2n) is 4.33. The molecular formula is C10H13Cl2N. The molecule has 1 aliphatic carbocycles. The van der Waals surface area contributed by atoms with E-state index in [1.165, 1.54) is 0 Å². The Morgan fingerprint density at radius 3 is 2.00 bits per heavy atom. The lowest BCUT2D eigenvalue weighted by Crippen LogP contribution is -2.09. The van der Waals surface area contributed by atoms with Crippen molar-refractivity contribution in [2.24, 2.45) is 5.41 Å². The van der Waals surface area contributed by atoms with Gasteiger partial charge in [-0.1, -0.05) is 37.1 Å². The van der Waals surface area contributed by atoms with Crippen molar-refractivity contribution in [3.05, 3.63) is 11.6 Å². The van der Waals surface area contributed by atoms with Crippen LogP contribution in [-0.2, 0) is 0 Å². The van der Waals surface area contributed by atoms with Gasteiger partial charge in [-0.3, -0.25) is 0 Å². The molecule has 2 unspecified atom stereocenters. The average molecular weight is 218 g/mol. The minimum absolute atomic E-state index is 0.366. The average Bonchev–Trinajstić information content (AvgIpc) is 2.30. The molecule has 1 rings (SSSR count). The summed E-state index contributed by atoms with van der Waals surface area (Å²) in [6, 6.07) is 2.09. The van der Waals surface area contributed by atoms with Crippen molar-refractivity contribution in [2.45, 2.75) is 37.4 Å². The summed E-state index contributed by atoms with van der Waals surface area (Å²) in [5.74, 6) is 0. The molecule has 0 spiro atoms. The number of rotatable bonds is 1. The maximum atomic E-state index is 8.95. The number of halogens is 2. The van der Waals surface area contributed by atoms with Gasteiger partial charge in [0.2, 0.25) is 0 Å². The normalized spacial score (nSPS) is 40.7. The van der Waals surface area contributed by atoms with Gasteiger partial charge in [0.15, 0.2) is 4.87 Å². The lowest BCUT2D eigenvalue weighted by atomic mass is 10.1. The van der Waals surface area contributed by atoms with Crippen LogP contribution in [0.2, 0.25) is 0 Å². The molecule has 2 atom stereocenters. The molecule has 0 amide bonds. The van der Waals surface area contributed by atoms with Crippen LogP contribution < -0.4 is 0 Å². The molecule has 13 heavy (non-hydrogen) atoms. The summed E-state index contributed by atoms with van der Waals surface area (Å²) in [5, 5.41) is 8.95. The molecule has 0 heterocycles. The Morgan fingerprint density at radius 1 is 1.31 bits per heavy atom. The molecule has 0 aromatic heterocycles. The fourth-order valence-corrected chi connectivity index (χ4v) is 2.73. The largest absolute Gasteiger partial charge is 0.196 e. The summed E-state index contributed by atoms with van der Waals surface area (Å²) in [6.07, 6.45) is 1.88. The number of alkyl halides is 2. The summed E-state index contributed by atoms with van der Waals surface area (Å²) in [6.45, 7) is 7.73. The van der Waals surface area contributed by atoms with E-state index in [1.807, 2.05) is 33.8 Å². The van der Waals surface area contributed by atoms with E-state index in [0.717, 1.165) is 5.57 Å². The third-order valence-electron chi connectivity index (χ3n) is 2.85. The highest BCUT2D eigenvalue weighted by molar-refractivity contribution is 6.43. The molecule has 0 radical (unpaired) electrons. The first-order chi connectivity index (χ1) is 5.73. The highest BCUT2D eigenvalue weighted by Crippen LogP contribution is 2.73. The highest BCUT2D eigenvalue weighted by Gasteiger charge is 2.82. The maximum Gasteiger partial charge on any atom is 0.161 e. The number of allylic oxidation sites excluding steroid dienone is 2. The first-order valence-corrected chi connectivity index (χ1v) is 4.93. The molecular weight excluding hydrogens is 205 g/mol. The Balaban J connectivity index is 3.13. The molecule has 0 aromatic rings. The van der Waals surface area contributed by atoms with Crippen LogP contribution >= 0.6 is 23.2 Å². The van der Waals surface area contributed by atoms with Crippen molar-refractivity contribution in [2.75, 3.05) is 0 Å². The van der Waals surface area contributed by atoms with Crippen LogP contribution in [0.25, 0.3) is 0 Å². The predicted octanol–water partition coefficient (Wildman–Crippen LogP) is 3.47. The topological polar surface area (TPSA) is 23.8 Å². The van der Waals surface area contributed by atoms with Crippen LogP contribution in [0.3, 0.4) is 0 Å². The monoisotopic (exact) mass is 217 g/mol. The standard InChI is InChI=1S/C10H13Cl2N/c1-7(2)5-9(11)8(3,4)10(9,12)6-13/h5H,1-4H3. The third-order valence-corrected chi connectivity index (χ3v) is 4.67. The second kappa shape index (κ2) is 2.65. The van der Waals surface area contributed by atoms with Crippen LogP contribution in [0.15, 0.2) is 11.6 Å². The molecule has 1 fully saturated rings. The van der Waals surface area contributed by atoms with Crippen molar-refractivity contribution < 1.29 is 0 Å². The van der Waals surface area contributed by atoms with Gasteiger partial charge in [0.1, 0.15) is 4.87 Å². The predicted molar refractivity (Wildman–Crippen MR) is 56.0 cm³/mol. The van der Waals surface area contributed by atoms with Crippen molar-refractivity contribution in [1.29, 1.82) is 5.26 Å². The van der Waals surface area contributed by atoms with Crippen LogP contribution in [0.4, 0.5) is 0 Å². The van der Waals surface area contributed by atoms with Crippen LogP contribution in [0, 0.1) is 16.7 Å². The van der Waals surface area contributed by atoms with Crippen LogP contribution in [-0.4, -0.2) is 9.75 Å². The fraction of sp³-hybridized carbons (Fsp3) is 0.700. The van der Waals surface area contributed by atoms with Crippen LogP contribution in [0.1, 0.15) is 27.7 Å². The van der Waals surface area contributed by atoms with E-state index in [4.69, 9.17) is 28.5 Å². The first-order valence-electron chi connectivity index (χ1n) is 4.18. The molecule has 0 aromatic carbocycles. The molecule has 1 nitrogen and oxygen atoms in total. The van der Waals surface area contributed by atoms with Gasteiger partial charge in [-0.05, 0) is 13.8 Å². The number of hydrogen-bond donors (Lipinski definition) is 0. The van der Waals surface area contributed by atoms with Crippen molar-refractivity contribution in [3.8, 4) is 6.07 Å². The van der Waals surface area contributed by atoms with Gasteiger partial charge in [0.05, 0.1) is 6.07 Å². The zero-order chi connectivity index (χ0) is 10.5.